The number of esters is 1. The van der Waals surface area contributed by atoms with Crippen molar-refractivity contribution in [3.63, 3.8) is 0 Å². The van der Waals surface area contributed by atoms with E-state index in [1.54, 1.807) is 6.92 Å². The van der Waals surface area contributed by atoms with Gasteiger partial charge >= 0.3 is 18.0 Å². The molecule has 0 radical (unpaired) electrons. The number of carbonyl (C=O) groups is 4. The van der Waals surface area contributed by atoms with E-state index in [1.807, 2.05) is 0 Å². The molecule has 0 bridgehead atoms. The number of nitrogens with zero attached hydrogens (tertiary/aromatic N) is 1. The maximum Gasteiger partial charge on any atom is 0.416 e. The van der Waals surface area contributed by atoms with E-state index in [1.165, 1.54) is 6.92 Å². The number of alkyl carbamates (subject to hydrolysis) is 1. The van der Waals surface area contributed by atoms with Crippen LogP contribution in [0.3, 0.4) is 0 Å². The van der Waals surface area contributed by atoms with Crippen molar-refractivity contribution >= 4 is 29.9 Å². The van der Waals surface area contributed by atoms with E-state index in [2.05, 4.69) is 25.1 Å². The van der Waals surface area contributed by atoms with Crippen LogP contribution in [0.2, 0.25) is 0 Å². The highest BCUT2D eigenvalue weighted by molar-refractivity contribution is 5.93. The number of carboxylic acids is 1. The first kappa shape index (κ1) is 26.8. The minimum absolute atomic E-state index is 0.0493. The Morgan fingerprint density at radius 2 is 1.94 bits per heavy atom. The van der Waals surface area contributed by atoms with Crippen LogP contribution in [-0.2, 0) is 33.3 Å². The van der Waals surface area contributed by atoms with Crippen LogP contribution in [0.15, 0.2) is 16.8 Å². The average Bonchev–Trinajstić information content (AvgIpc) is 2.76. The summed E-state index contributed by atoms with van der Waals surface area (Å²) >= 11 is 0. The molecule has 15 heteroatoms. The topological polar surface area (TPSA) is 228 Å². The Hall–Kier alpha value is -3.43. The van der Waals surface area contributed by atoms with Crippen molar-refractivity contribution in [3.05, 3.63) is 11.8 Å². The largest absolute Gasteiger partial charge is 0.478 e. The number of amides is 2. The Morgan fingerprint density at radius 1 is 1.24 bits per heavy atom. The second-order valence-corrected chi connectivity index (χ2v) is 7.38. The highest BCUT2D eigenvalue weighted by Crippen LogP contribution is 2.29. The number of carbonyl (C=O) groups excluding carboxylic acids is 3. The van der Waals surface area contributed by atoms with Crippen molar-refractivity contribution in [1.29, 1.82) is 0 Å². The van der Waals surface area contributed by atoms with Gasteiger partial charge in [0.1, 0.15) is 12.2 Å². The molecule has 1 saturated heterocycles. The molecule has 0 aromatic rings. The number of ether oxygens (including phenoxy) is 4. The maximum atomic E-state index is 11.8. The van der Waals surface area contributed by atoms with Crippen molar-refractivity contribution in [3.8, 4) is 0 Å². The van der Waals surface area contributed by atoms with Gasteiger partial charge in [0.05, 0.1) is 18.2 Å². The normalized spacial score (nSPS) is 29.2. The summed E-state index contributed by atoms with van der Waals surface area (Å²) in [5, 5.41) is 34.5. The molecule has 6 atom stereocenters. The van der Waals surface area contributed by atoms with Gasteiger partial charge in [-0.3, -0.25) is 14.9 Å². The van der Waals surface area contributed by atoms with Crippen LogP contribution in [0.25, 0.3) is 0 Å². The number of hydrogen-bond donors (Lipinski definition) is 6. The van der Waals surface area contributed by atoms with Crippen molar-refractivity contribution < 1.29 is 53.4 Å². The fourth-order valence-corrected chi connectivity index (χ4v) is 3.31. The number of nitrogens with one attached hydrogen (secondary N) is 2. The van der Waals surface area contributed by atoms with E-state index in [0.717, 1.165) is 6.08 Å². The molecule has 2 rings (SSSR count). The second kappa shape index (κ2) is 12.2. The van der Waals surface area contributed by atoms with Gasteiger partial charge in [-0.1, -0.05) is 6.92 Å². The molecule has 0 spiro atoms. The first-order valence-corrected chi connectivity index (χ1v) is 10.3. The Labute approximate surface area is 193 Å². The number of rotatable bonds is 7. The summed E-state index contributed by atoms with van der Waals surface area (Å²) < 4.78 is 20.2. The molecule has 0 aliphatic carbocycles. The van der Waals surface area contributed by atoms with E-state index in [-0.39, 0.29) is 19.4 Å². The van der Waals surface area contributed by atoms with Crippen molar-refractivity contribution in [2.75, 3.05) is 13.4 Å². The highest BCUT2D eigenvalue weighted by Gasteiger charge is 2.47. The number of aliphatic carboxylic acids is 1. The quantitative estimate of drug-likeness (QED) is 0.0961. The molecule has 34 heavy (non-hydrogen) atoms. The van der Waals surface area contributed by atoms with Gasteiger partial charge in [0.25, 0.3) is 0 Å². The predicted molar refractivity (Wildman–Crippen MR) is 111 cm³/mol. The number of hydrogen-bond acceptors (Lipinski definition) is 11. The van der Waals surface area contributed by atoms with Gasteiger partial charge in [-0.2, -0.15) is 0 Å². The Balaban J connectivity index is 2.26. The number of nitrogens with two attached hydrogens (primary N) is 1. The smallest absolute Gasteiger partial charge is 0.416 e. The van der Waals surface area contributed by atoms with Gasteiger partial charge in [-0.15, -0.1) is 0 Å². The zero-order chi connectivity index (χ0) is 25.4. The van der Waals surface area contributed by atoms with Gasteiger partial charge in [0, 0.05) is 20.0 Å². The Kier molecular flexibility index (Phi) is 9.58. The van der Waals surface area contributed by atoms with E-state index >= 15 is 0 Å². The number of carboxylic acid groups (broad SMARTS) is 1. The third-order valence-corrected chi connectivity index (χ3v) is 4.88. The second-order valence-electron chi connectivity index (χ2n) is 7.38. The van der Waals surface area contributed by atoms with Crippen molar-refractivity contribution in [1.82, 2.24) is 10.6 Å². The van der Waals surface area contributed by atoms with Gasteiger partial charge in [0.2, 0.25) is 18.5 Å². The lowest BCUT2D eigenvalue weighted by molar-refractivity contribution is -0.185. The molecule has 0 aromatic carbocycles. The van der Waals surface area contributed by atoms with Crippen LogP contribution in [0.4, 0.5) is 4.79 Å². The number of aliphatic imine (C=N–C) groups is 1. The Morgan fingerprint density at radius 3 is 2.56 bits per heavy atom. The third-order valence-electron chi connectivity index (χ3n) is 4.88. The lowest BCUT2D eigenvalue weighted by atomic mass is 9.88. The molecule has 0 aromatic heterocycles. The number of guanidine groups is 1. The molecule has 2 amide bonds. The zero-order valence-corrected chi connectivity index (χ0v) is 18.5. The number of aliphatic hydroxyl groups is 2. The molecule has 1 fully saturated rings. The summed E-state index contributed by atoms with van der Waals surface area (Å²) in [5.74, 6) is -3.69. The molecule has 15 nitrogen and oxygen atoms in total. The van der Waals surface area contributed by atoms with Gasteiger partial charge < -0.3 is 45.3 Å². The minimum atomic E-state index is -1.47. The lowest BCUT2D eigenvalue weighted by Gasteiger charge is -2.43. The van der Waals surface area contributed by atoms with E-state index in [0.29, 0.717) is 0 Å². The van der Waals surface area contributed by atoms with Crippen LogP contribution in [-0.4, -0.2) is 95.1 Å². The minimum Gasteiger partial charge on any atom is -0.478 e. The molecule has 2 aliphatic rings. The highest BCUT2D eigenvalue weighted by atomic mass is 16.7. The summed E-state index contributed by atoms with van der Waals surface area (Å²) in [4.78, 5) is 50.4. The molecule has 2 heterocycles. The molecule has 2 aliphatic heterocycles. The van der Waals surface area contributed by atoms with Crippen LogP contribution >= 0.6 is 0 Å². The third kappa shape index (κ3) is 7.29. The summed E-state index contributed by atoms with van der Waals surface area (Å²) in [7, 11) is 0. The molecule has 7 N–H and O–H groups in total. The molecule has 0 unspecified atom stereocenters. The van der Waals surface area contributed by atoms with Gasteiger partial charge in [0.15, 0.2) is 12.1 Å². The van der Waals surface area contributed by atoms with E-state index < -0.39 is 79.0 Å². The first-order chi connectivity index (χ1) is 16.0. The van der Waals surface area contributed by atoms with E-state index in [4.69, 9.17) is 15.2 Å². The summed E-state index contributed by atoms with van der Waals surface area (Å²) in [6, 6.07) is -2.30. The Bertz CT molecular complexity index is 846. The standard InChI is InChI=1S/C19H28N4O11/c1-3-12(26)32-7-33-19(30)23-18(20)22-9-6-11(17(28)29)34-15(13(9)21-8(2)24)16-14(27)10(25)4-5-31-16/h6,9-10,13-16,25,27H,3-5,7H2,1-2H3,(H,21,24)(H,28,29)(H3,20,22,23,30)/t9-,10+,13+,14+,15+,16+/m0/s1. The fraction of sp³-hybridized carbons (Fsp3) is 0.632. The van der Waals surface area contributed by atoms with Gasteiger partial charge in [-0.05, 0) is 12.5 Å². The SMILES string of the molecule is CCC(=O)OCOC(=O)NC(N)=N[C@H]1C=C(C(=O)O)O[C@@H]([C@@H]2OCC[C@@H](O)[C@H]2O)[C@@H]1NC(C)=O. The summed E-state index contributed by atoms with van der Waals surface area (Å²) in [6.45, 7) is 2.13. The molecule has 0 saturated carbocycles. The van der Waals surface area contributed by atoms with Gasteiger partial charge in [-0.25, -0.2) is 14.6 Å². The zero-order valence-electron chi connectivity index (χ0n) is 18.5. The molecule has 190 valence electrons. The average molecular weight is 488 g/mol. The maximum absolute atomic E-state index is 11.8. The molecular weight excluding hydrogens is 460 g/mol. The van der Waals surface area contributed by atoms with Crippen LogP contribution < -0.4 is 16.4 Å². The monoisotopic (exact) mass is 488 g/mol. The number of aliphatic hydroxyl groups excluding tert-OH is 2. The van der Waals surface area contributed by atoms with Crippen LogP contribution in [0, 0.1) is 0 Å². The van der Waals surface area contributed by atoms with Crippen LogP contribution in [0.5, 0.6) is 0 Å². The summed E-state index contributed by atoms with van der Waals surface area (Å²) in [6.07, 6.45) is -4.94. The predicted octanol–water partition coefficient (Wildman–Crippen LogP) is -2.31. The van der Waals surface area contributed by atoms with Crippen molar-refractivity contribution in [2.45, 2.75) is 63.2 Å². The van der Waals surface area contributed by atoms with Crippen molar-refractivity contribution in [2.24, 2.45) is 10.7 Å². The molecular formula is C19H28N4O11. The van der Waals surface area contributed by atoms with Crippen LogP contribution in [0.1, 0.15) is 26.7 Å². The fourth-order valence-electron chi connectivity index (χ4n) is 3.31. The van der Waals surface area contributed by atoms with E-state index in [9.17, 15) is 34.5 Å². The lowest BCUT2D eigenvalue weighted by Crippen LogP contribution is -2.62. The first-order valence-electron chi connectivity index (χ1n) is 10.3. The summed E-state index contributed by atoms with van der Waals surface area (Å²) in [5.41, 5.74) is 5.73.